The molecule has 146 valence electrons. The number of benzene rings is 1. The van der Waals surface area contributed by atoms with Crippen LogP contribution in [0.25, 0.3) is 16.9 Å². The Morgan fingerprint density at radius 2 is 1.86 bits per heavy atom. The fraction of sp³-hybridized carbons (Fsp3) is 0.364. The van der Waals surface area contributed by atoms with E-state index in [1.807, 2.05) is 47.9 Å². The molecule has 1 amide bonds. The molecule has 4 rings (SSSR count). The lowest BCUT2D eigenvalue weighted by atomic mass is 10.1. The summed E-state index contributed by atoms with van der Waals surface area (Å²) in [5.74, 6) is 2.12. The first-order valence-corrected chi connectivity index (χ1v) is 9.62. The van der Waals surface area contributed by atoms with Crippen LogP contribution in [-0.4, -0.2) is 29.5 Å². The molecular weight excluding hydrogens is 354 g/mol. The first-order chi connectivity index (χ1) is 13.6. The Bertz CT molecular complexity index is 1020. The minimum Gasteiger partial charge on any atom is -0.493 e. The summed E-state index contributed by atoms with van der Waals surface area (Å²) in [5.41, 5.74) is 3.50. The maximum atomic E-state index is 12.8. The summed E-state index contributed by atoms with van der Waals surface area (Å²) in [4.78, 5) is 17.6. The summed E-state index contributed by atoms with van der Waals surface area (Å²) in [6, 6.07) is 9.69. The van der Waals surface area contributed by atoms with Gasteiger partial charge < -0.3 is 14.8 Å². The number of aryl methyl sites for hydroxylation is 1. The molecule has 1 aliphatic rings. The molecule has 1 aromatic carbocycles. The van der Waals surface area contributed by atoms with Gasteiger partial charge in [0.05, 0.1) is 14.2 Å². The van der Waals surface area contributed by atoms with Gasteiger partial charge in [-0.15, -0.1) is 0 Å². The van der Waals surface area contributed by atoms with E-state index in [2.05, 4.69) is 5.32 Å². The van der Waals surface area contributed by atoms with Gasteiger partial charge in [-0.1, -0.05) is 12.8 Å². The van der Waals surface area contributed by atoms with Crippen LogP contribution in [0.4, 0.5) is 5.82 Å². The van der Waals surface area contributed by atoms with E-state index in [0.29, 0.717) is 17.3 Å². The molecule has 0 unspecified atom stereocenters. The molecule has 2 aromatic heterocycles. The van der Waals surface area contributed by atoms with E-state index in [-0.39, 0.29) is 11.8 Å². The lowest BCUT2D eigenvalue weighted by Gasteiger charge is -2.13. The van der Waals surface area contributed by atoms with Crippen LogP contribution in [0, 0.1) is 12.8 Å². The van der Waals surface area contributed by atoms with Crippen LogP contribution >= 0.6 is 0 Å². The summed E-state index contributed by atoms with van der Waals surface area (Å²) in [6.07, 6.45) is 6.09. The van der Waals surface area contributed by atoms with E-state index in [1.165, 1.54) is 0 Å². The summed E-state index contributed by atoms with van der Waals surface area (Å²) < 4.78 is 12.7. The third kappa shape index (κ3) is 3.30. The van der Waals surface area contributed by atoms with E-state index in [0.717, 1.165) is 48.2 Å². The molecule has 1 N–H and O–H groups in total. The van der Waals surface area contributed by atoms with Gasteiger partial charge in [-0.2, -0.15) is 0 Å². The molecule has 6 heteroatoms. The summed E-state index contributed by atoms with van der Waals surface area (Å²) in [7, 11) is 3.22. The number of amides is 1. The first kappa shape index (κ1) is 18.3. The number of hydrogen-bond donors (Lipinski definition) is 1. The fourth-order valence-corrected chi connectivity index (χ4v) is 3.86. The van der Waals surface area contributed by atoms with E-state index < -0.39 is 0 Å². The van der Waals surface area contributed by atoms with Crippen molar-refractivity contribution in [1.82, 2.24) is 9.38 Å². The topological polar surface area (TPSA) is 64.9 Å². The zero-order valence-electron chi connectivity index (χ0n) is 16.5. The quantitative estimate of drug-likeness (QED) is 0.711. The number of nitrogens with one attached hydrogen (secondary N) is 1. The number of rotatable bonds is 5. The number of nitrogens with zero attached hydrogens (tertiary/aromatic N) is 2. The predicted octanol–water partition coefficient (Wildman–Crippen LogP) is 4.46. The van der Waals surface area contributed by atoms with Crippen molar-refractivity contribution in [2.24, 2.45) is 5.92 Å². The number of fused-ring (bicyclic) bond motifs is 1. The van der Waals surface area contributed by atoms with Gasteiger partial charge in [-0.3, -0.25) is 9.20 Å². The largest absolute Gasteiger partial charge is 0.493 e. The van der Waals surface area contributed by atoms with Crippen molar-refractivity contribution in [3.8, 4) is 22.8 Å². The predicted molar refractivity (Wildman–Crippen MR) is 109 cm³/mol. The third-order valence-corrected chi connectivity index (χ3v) is 5.41. The van der Waals surface area contributed by atoms with Gasteiger partial charge in [0.25, 0.3) is 0 Å². The lowest BCUT2D eigenvalue weighted by molar-refractivity contribution is -0.119. The number of imidazole rings is 1. The summed E-state index contributed by atoms with van der Waals surface area (Å²) in [5, 5.41) is 3.15. The molecule has 28 heavy (non-hydrogen) atoms. The normalized spacial score (nSPS) is 14.4. The summed E-state index contributed by atoms with van der Waals surface area (Å²) in [6.45, 7) is 2.03. The van der Waals surface area contributed by atoms with Crippen LogP contribution in [0.5, 0.6) is 11.5 Å². The molecule has 1 aliphatic carbocycles. The van der Waals surface area contributed by atoms with Gasteiger partial charge in [0.2, 0.25) is 5.91 Å². The number of ether oxygens (including phenoxy) is 2. The molecule has 1 saturated carbocycles. The van der Waals surface area contributed by atoms with Gasteiger partial charge in [-0.25, -0.2) is 4.98 Å². The van der Waals surface area contributed by atoms with Gasteiger partial charge in [0, 0.05) is 17.7 Å². The molecule has 2 heterocycles. The van der Waals surface area contributed by atoms with Crippen LogP contribution in [0.2, 0.25) is 0 Å². The van der Waals surface area contributed by atoms with E-state index >= 15 is 0 Å². The fourth-order valence-electron chi connectivity index (χ4n) is 3.86. The van der Waals surface area contributed by atoms with Crippen molar-refractivity contribution in [3.63, 3.8) is 0 Å². The van der Waals surface area contributed by atoms with Crippen molar-refractivity contribution >= 4 is 17.4 Å². The Morgan fingerprint density at radius 3 is 2.57 bits per heavy atom. The van der Waals surface area contributed by atoms with Crippen molar-refractivity contribution in [2.45, 2.75) is 32.6 Å². The number of aromatic nitrogens is 2. The van der Waals surface area contributed by atoms with E-state index in [9.17, 15) is 4.79 Å². The van der Waals surface area contributed by atoms with Crippen LogP contribution in [0.15, 0.2) is 36.5 Å². The third-order valence-electron chi connectivity index (χ3n) is 5.41. The van der Waals surface area contributed by atoms with Crippen LogP contribution < -0.4 is 14.8 Å². The molecule has 1 fully saturated rings. The number of anilines is 1. The zero-order chi connectivity index (χ0) is 19.7. The average Bonchev–Trinajstić information content (AvgIpc) is 3.36. The molecule has 0 bridgehead atoms. The second kappa shape index (κ2) is 7.54. The highest BCUT2D eigenvalue weighted by atomic mass is 16.5. The van der Waals surface area contributed by atoms with Crippen LogP contribution in [-0.2, 0) is 4.79 Å². The van der Waals surface area contributed by atoms with Crippen LogP contribution in [0.3, 0.4) is 0 Å². The Balaban J connectivity index is 1.81. The van der Waals surface area contributed by atoms with Gasteiger partial charge in [0.1, 0.15) is 17.2 Å². The number of hydrogen-bond acceptors (Lipinski definition) is 4. The van der Waals surface area contributed by atoms with E-state index in [4.69, 9.17) is 14.5 Å². The second-order valence-corrected chi connectivity index (χ2v) is 7.28. The van der Waals surface area contributed by atoms with Crippen molar-refractivity contribution in [2.75, 3.05) is 19.5 Å². The molecule has 3 aromatic rings. The highest BCUT2D eigenvalue weighted by Crippen LogP contribution is 2.36. The molecule has 6 nitrogen and oxygen atoms in total. The smallest absolute Gasteiger partial charge is 0.228 e. The van der Waals surface area contributed by atoms with Gasteiger partial charge in [0.15, 0.2) is 11.5 Å². The van der Waals surface area contributed by atoms with Gasteiger partial charge in [-0.05, 0) is 55.7 Å². The minimum atomic E-state index is 0.0709. The van der Waals surface area contributed by atoms with Gasteiger partial charge >= 0.3 is 0 Å². The zero-order valence-corrected chi connectivity index (χ0v) is 16.5. The molecule has 0 spiro atoms. The maximum absolute atomic E-state index is 12.8. The minimum absolute atomic E-state index is 0.0709. The number of pyridine rings is 1. The highest BCUT2D eigenvalue weighted by molar-refractivity contribution is 5.96. The molecule has 0 radical (unpaired) electrons. The summed E-state index contributed by atoms with van der Waals surface area (Å²) >= 11 is 0. The Kier molecular flexibility index (Phi) is 4.94. The SMILES string of the molecule is COc1ccc(-c2nc3cc(C)ccn3c2NC(=O)C2CCCC2)cc1OC. The second-order valence-electron chi connectivity index (χ2n) is 7.28. The van der Waals surface area contributed by atoms with Crippen molar-refractivity contribution in [3.05, 3.63) is 42.1 Å². The first-order valence-electron chi connectivity index (χ1n) is 9.62. The monoisotopic (exact) mass is 379 g/mol. The molecule has 0 aliphatic heterocycles. The average molecular weight is 379 g/mol. The number of methoxy groups -OCH3 is 2. The Labute approximate surface area is 164 Å². The molecule has 0 atom stereocenters. The maximum Gasteiger partial charge on any atom is 0.228 e. The Hall–Kier alpha value is -3.02. The standard InChI is InChI=1S/C22H25N3O3/c1-14-10-11-25-19(12-14)23-20(16-8-9-17(27-2)18(13-16)28-3)21(25)24-22(26)15-6-4-5-7-15/h8-13,15H,4-7H2,1-3H3,(H,24,26). The number of carbonyl (C=O) groups is 1. The lowest BCUT2D eigenvalue weighted by Crippen LogP contribution is -2.21. The molecule has 0 saturated heterocycles. The van der Waals surface area contributed by atoms with E-state index in [1.54, 1.807) is 14.2 Å². The number of carbonyl (C=O) groups excluding carboxylic acids is 1. The molecular formula is C22H25N3O3. The van der Waals surface area contributed by atoms with Crippen molar-refractivity contribution in [1.29, 1.82) is 0 Å². The highest BCUT2D eigenvalue weighted by Gasteiger charge is 2.25. The van der Waals surface area contributed by atoms with Crippen molar-refractivity contribution < 1.29 is 14.3 Å². The Morgan fingerprint density at radius 1 is 1.11 bits per heavy atom. The van der Waals surface area contributed by atoms with Crippen LogP contribution in [0.1, 0.15) is 31.2 Å².